The molecule has 3 nitrogen and oxygen atoms in total. The van der Waals surface area contributed by atoms with Crippen molar-refractivity contribution in [3.8, 4) is 0 Å². The molecule has 0 radical (unpaired) electrons. The normalized spacial score (nSPS) is 21.7. The highest BCUT2D eigenvalue weighted by atomic mass is 79.9. The summed E-state index contributed by atoms with van der Waals surface area (Å²) in [5.74, 6) is 0.991. The molecular formula is C15H22BrN3. The van der Waals surface area contributed by atoms with Crippen LogP contribution in [0.1, 0.15) is 31.2 Å². The Bertz CT molecular complexity index is 412. The minimum absolute atomic E-state index is 0.748. The lowest BCUT2D eigenvalue weighted by Crippen LogP contribution is -2.42. The Kier molecular flexibility index (Phi) is 4.51. The second-order valence-electron chi connectivity index (χ2n) is 5.91. The first-order valence-electron chi connectivity index (χ1n) is 7.35. The van der Waals surface area contributed by atoms with Crippen LogP contribution in [0.3, 0.4) is 0 Å². The van der Waals surface area contributed by atoms with E-state index in [9.17, 15) is 0 Å². The number of aromatic nitrogens is 1. The van der Waals surface area contributed by atoms with Crippen LogP contribution < -0.4 is 5.32 Å². The highest BCUT2D eigenvalue weighted by Gasteiger charge is 2.24. The zero-order valence-corrected chi connectivity index (χ0v) is 12.9. The summed E-state index contributed by atoms with van der Waals surface area (Å²) in [6.07, 6.45) is 9.28. The molecule has 104 valence electrons. The molecule has 1 N–H and O–H groups in total. The Hall–Kier alpha value is -0.450. The SMILES string of the molecule is Brc1cncc(CN2CCC(NCC3CC3)CC2)c1. The van der Waals surface area contributed by atoms with Crippen molar-refractivity contribution in [3.63, 3.8) is 0 Å². The molecule has 1 saturated carbocycles. The van der Waals surface area contributed by atoms with Gasteiger partial charge in [-0.05, 0) is 78.8 Å². The van der Waals surface area contributed by atoms with E-state index in [0.717, 1.165) is 23.0 Å². The van der Waals surface area contributed by atoms with Gasteiger partial charge in [0, 0.05) is 29.5 Å². The largest absolute Gasteiger partial charge is 0.314 e. The van der Waals surface area contributed by atoms with Crippen molar-refractivity contribution in [2.75, 3.05) is 19.6 Å². The van der Waals surface area contributed by atoms with Crippen molar-refractivity contribution in [1.29, 1.82) is 0 Å². The second kappa shape index (κ2) is 6.33. The Morgan fingerprint density at radius 3 is 2.68 bits per heavy atom. The van der Waals surface area contributed by atoms with Gasteiger partial charge in [-0.1, -0.05) is 0 Å². The Labute approximate surface area is 123 Å². The molecule has 2 aliphatic rings. The third-order valence-corrected chi connectivity index (χ3v) is 4.58. The third-order valence-electron chi connectivity index (χ3n) is 4.15. The van der Waals surface area contributed by atoms with Crippen molar-refractivity contribution >= 4 is 15.9 Å². The maximum atomic E-state index is 4.23. The molecule has 2 heterocycles. The first-order chi connectivity index (χ1) is 9.29. The van der Waals surface area contributed by atoms with Crippen molar-refractivity contribution < 1.29 is 0 Å². The molecule has 0 amide bonds. The van der Waals surface area contributed by atoms with Crippen LogP contribution in [0.2, 0.25) is 0 Å². The number of likely N-dealkylation sites (tertiary alicyclic amines) is 1. The van der Waals surface area contributed by atoms with Gasteiger partial charge in [-0.25, -0.2) is 0 Å². The molecule has 0 atom stereocenters. The molecule has 1 aromatic heterocycles. The average Bonchev–Trinajstić information content (AvgIpc) is 3.22. The van der Waals surface area contributed by atoms with Gasteiger partial charge in [-0.3, -0.25) is 9.88 Å². The summed E-state index contributed by atoms with van der Waals surface area (Å²) in [6, 6.07) is 2.92. The molecule has 0 aromatic carbocycles. The maximum absolute atomic E-state index is 4.23. The van der Waals surface area contributed by atoms with Crippen LogP contribution in [0.5, 0.6) is 0 Å². The maximum Gasteiger partial charge on any atom is 0.0410 e. The molecule has 0 unspecified atom stereocenters. The second-order valence-corrected chi connectivity index (χ2v) is 6.83. The number of nitrogens with zero attached hydrogens (tertiary/aromatic N) is 2. The summed E-state index contributed by atoms with van der Waals surface area (Å²) >= 11 is 3.49. The van der Waals surface area contributed by atoms with Crippen LogP contribution in [0.25, 0.3) is 0 Å². The lowest BCUT2D eigenvalue weighted by atomic mass is 10.0. The topological polar surface area (TPSA) is 28.2 Å². The Morgan fingerprint density at radius 2 is 2.00 bits per heavy atom. The third kappa shape index (κ3) is 4.26. The summed E-state index contributed by atoms with van der Waals surface area (Å²) in [6.45, 7) is 4.69. The van der Waals surface area contributed by atoms with Crippen LogP contribution in [0.15, 0.2) is 22.9 Å². The van der Waals surface area contributed by atoms with Crippen molar-refractivity contribution in [2.45, 2.75) is 38.3 Å². The van der Waals surface area contributed by atoms with Crippen LogP contribution in [0.4, 0.5) is 0 Å². The first kappa shape index (κ1) is 13.5. The van der Waals surface area contributed by atoms with E-state index in [2.05, 4.69) is 37.2 Å². The van der Waals surface area contributed by atoms with E-state index in [0.29, 0.717) is 0 Å². The summed E-state index contributed by atoms with van der Waals surface area (Å²) in [5, 5.41) is 3.73. The van der Waals surface area contributed by atoms with Gasteiger partial charge >= 0.3 is 0 Å². The summed E-state index contributed by atoms with van der Waals surface area (Å²) in [4.78, 5) is 6.77. The molecule has 1 aliphatic heterocycles. The van der Waals surface area contributed by atoms with Crippen LogP contribution in [0, 0.1) is 5.92 Å². The quantitative estimate of drug-likeness (QED) is 0.903. The highest BCUT2D eigenvalue weighted by molar-refractivity contribution is 9.10. The fourth-order valence-electron chi connectivity index (χ4n) is 2.75. The number of piperidine rings is 1. The van der Waals surface area contributed by atoms with Gasteiger partial charge in [0.15, 0.2) is 0 Å². The minimum atomic E-state index is 0.748. The van der Waals surface area contributed by atoms with Crippen LogP contribution >= 0.6 is 15.9 Å². The molecule has 0 bridgehead atoms. The van der Waals surface area contributed by atoms with Gasteiger partial charge in [0.1, 0.15) is 0 Å². The van der Waals surface area contributed by atoms with Crippen LogP contribution in [-0.2, 0) is 6.54 Å². The van der Waals surface area contributed by atoms with Crippen molar-refractivity contribution in [1.82, 2.24) is 15.2 Å². The van der Waals surface area contributed by atoms with E-state index in [1.807, 2.05) is 12.4 Å². The first-order valence-corrected chi connectivity index (χ1v) is 8.14. The summed E-state index contributed by atoms with van der Waals surface area (Å²) in [7, 11) is 0. The van der Waals surface area contributed by atoms with Gasteiger partial charge in [-0.15, -0.1) is 0 Å². The average molecular weight is 324 g/mol. The van der Waals surface area contributed by atoms with Crippen LogP contribution in [-0.4, -0.2) is 35.6 Å². The molecule has 1 saturated heterocycles. The Balaban J connectivity index is 1.42. The fraction of sp³-hybridized carbons (Fsp3) is 0.667. The predicted octanol–water partition coefficient (Wildman–Crippen LogP) is 2.81. The van der Waals surface area contributed by atoms with Gasteiger partial charge < -0.3 is 5.32 Å². The smallest absolute Gasteiger partial charge is 0.0410 e. The predicted molar refractivity (Wildman–Crippen MR) is 81.0 cm³/mol. The number of halogens is 1. The summed E-state index contributed by atoms with van der Waals surface area (Å²) in [5.41, 5.74) is 1.30. The van der Waals surface area contributed by atoms with Gasteiger partial charge in [-0.2, -0.15) is 0 Å². The molecule has 1 aromatic rings. The van der Waals surface area contributed by atoms with E-state index in [4.69, 9.17) is 0 Å². The standard InChI is InChI=1S/C15H22BrN3/c16-14-7-13(8-17-10-14)11-19-5-3-15(4-6-19)18-9-12-1-2-12/h7-8,10,12,15,18H,1-6,9,11H2. The monoisotopic (exact) mass is 323 g/mol. The number of nitrogens with one attached hydrogen (secondary N) is 1. The molecule has 4 heteroatoms. The Morgan fingerprint density at radius 1 is 1.21 bits per heavy atom. The number of hydrogen-bond acceptors (Lipinski definition) is 3. The lowest BCUT2D eigenvalue weighted by molar-refractivity contribution is 0.190. The minimum Gasteiger partial charge on any atom is -0.314 e. The molecular weight excluding hydrogens is 302 g/mol. The van der Waals surface area contributed by atoms with E-state index in [1.54, 1.807) is 0 Å². The molecule has 3 rings (SSSR count). The fourth-order valence-corrected chi connectivity index (χ4v) is 3.16. The number of pyridine rings is 1. The van der Waals surface area contributed by atoms with E-state index in [-0.39, 0.29) is 0 Å². The highest BCUT2D eigenvalue weighted by Crippen LogP contribution is 2.28. The van der Waals surface area contributed by atoms with E-state index < -0.39 is 0 Å². The number of hydrogen-bond donors (Lipinski definition) is 1. The molecule has 2 fully saturated rings. The zero-order chi connectivity index (χ0) is 13.1. The number of rotatable bonds is 5. The van der Waals surface area contributed by atoms with Gasteiger partial charge in [0.2, 0.25) is 0 Å². The molecule has 0 spiro atoms. The molecule has 19 heavy (non-hydrogen) atoms. The van der Waals surface area contributed by atoms with Gasteiger partial charge in [0.25, 0.3) is 0 Å². The van der Waals surface area contributed by atoms with Gasteiger partial charge in [0.05, 0.1) is 0 Å². The summed E-state index contributed by atoms with van der Waals surface area (Å²) < 4.78 is 1.07. The molecule has 1 aliphatic carbocycles. The lowest BCUT2D eigenvalue weighted by Gasteiger charge is -2.32. The van der Waals surface area contributed by atoms with Crippen molar-refractivity contribution in [2.24, 2.45) is 5.92 Å². The van der Waals surface area contributed by atoms with E-state index >= 15 is 0 Å². The van der Waals surface area contributed by atoms with Crippen molar-refractivity contribution in [3.05, 3.63) is 28.5 Å². The zero-order valence-electron chi connectivity index (χ0n) is 11.3. The van der Waals surface area contributed by atoms with E-state index in [1.165, 1.54) is 50.9 Å².